The van der Waals surface area contributed by atoms with E-state index in [1.165, 1.54) is 21.0 Å². The molecule has 6 N–H and O–H groups in total. The SMILES string of the molecule is CC1O[C@@H](CO)[C@@H](O)[C@H](O)[C@@H]1O[C@H]1O[C@H](CO)[C@@H](O)[C@@H](OC(=O)N(C)C)[C@@H]1O. The molecule has 1 amide bonds. The van der Waals surface area contributed by atoms with Crippen molar-refractivity contribution in [3.05, 3.63) is 0 Å². The van der Waals surface area contributed by atoms with Crippen LogP contribution in [0.25, 0.3) is 0 Å². The first-order valence-corrected chi connectivity index (χ1v) is 8.90. The molecule has 0 aromatic heterocycles. The minimum atomic E-state index is -1.66. The molecule has 12 nitrogen and oxygen atoms in total. The summed E-state index contributed by atoms with van der Waals surface area (Å²) in [5.74, 6) is 0. The van der Waals surface area contributed by atoms with Gasteiger partial charge >= 0.3 is 6.09 Å². The van der Waals surface area contributed by atoms with Gasteiger partial charge in [0.15, 0.2) is 12.4 Å². The third kappa shape index (κ3) is 4.72. The monoisotopic (exact) mass is 411 g/mol. The number of aliphatic hydroxyl groups is 6. The molecule has 2 saturated heterocycles. The van der Waals surface area contributed by atoms with Gasteiger partial charge in [-0.3, -0.25) is 0 Å². The van der Waals surface area contributed by atoms with Gasteiger partial charge in [-0.05, 0) is 6.92 Å². The van der Waals surface area contributed by atoms with E-state index in [9.17, 15) is 35.4 Å². The number of hydrogen-bond donors (Lipinski definition) is 6. The zero-order valence-electron chi connectivity index (χ0n) is 15.9. The molecule has 2 aliphatic rings. The molecule has 0 aromatic carbocycles. The molecule has 12 heteroatoms. The van der Waals surface area contributed by atoms with Crippen LogP contribution in [0, 0.1) is 0 Å². The number of hydrogen-bond acceptors (Lipinski definition) is 11. The Bertz CT molecular complexity index is 521. The Kier molecular flexibility index (Phi) is 7.96. The van der Waals surface area contributed by atoms with Crippen LogP contribution in [0.2, 0.25) is 0 Å². The van der Waals surface area contributed by atoms with Gasteiger partial charge in [-0.15, -0.1) is 0 Å². The number of ether oxygens (including phenoxy) is 4. The Morgan fingerprint density at radius 2 is 1.46 bits per heavy atom. The predicted molar refractivity (Wildman–Crippen MR) is 90.0 cm³/mol. The fourth-order valence-electron chi connectivity index (χ4n) is 3.15. The summed E-state index contributed by atoms with van der Waals surface area (Å²) >= 11 is 0. The van der Waals surface area contributed by atoms with Crippen molar-refractivity contribution < 1.29 is 54.4 Å². The quantitative estimate of drug-likeness (QED) is 0.263. The Morgan fingerprint density at radius 1 is 0.893 bits per heavy atom. The molecule has 1 unspecified atom stereocenters. The van der Waals surface area contributed by atoms with Crippen molar-refractivity contribution >= 4 is 6.09 Å². The first-order chi connectivity index (χ1) is 13.1. The van der Waals surface area contributed by atoms with Crippen LogP contribution in [-0.2, 0) is 18.9 Å². The standard InChI is InChI=1S/C16H29NO11/c1-6-13(11(22)9(20)7(4-18)25-6)27-15-12(23)14(28-16(24)17(2)3)10(21)8(5-19)26-15/h6-15,18-23H,4-5H2,1-3H3/t6?,7-,8+,9+,10+,11-,12-,13+,14+,15+/m0/s1. The minimum absolute atomic E-state index is 0.515. The molecule has 0 aromatic rings. The van der Waals surface area contributed by atoms with Gasteiger partial charge in [0.05, 0.1) is 19.3 Å². The Labute approximate surface area is 161 Å². The van der Waals surface area contributed by atoms with Crippen LogP contribution < -0.4 is 0 Å². The van der Waals surface area contributed by atoms with Crippen LogP contribution >= 0.6 is 0 Å². The smallest absolute Gasteiger partial charge is 0.409 e. The molecule has 0 bridgehead atoms. The Hall–Kier alpha value is -1.09. The molecule has 28 heavy (non-hydrogen) atoms. The summed E-state index contributed by atoms with van der Waals surface area (Å²) in [4.78, 5) is 12.9. The van der Waals surface area contributed by atoms with Crippen molar-refractivity contribution in [3.63, 3.8) is 0 Å². The van der Waals surface area contributed by atoms with Crippen LogP contribution in [0.15, 0.2) is 0 Å². The largest absolute Gasteiger partial charge is 0.440 e. The van der Waals surface area contributed by atoms with Crippen molar-refractivity contribution in [1.29, 1.82) is 0 Å². The summed E-state index contributed by atoms with van der Waals surface area (Å²) in [5, 5.41) is 59.7. The number of carbonyl (C=O) groups is 1. The molecular formula is C16H29NO11. The second-order valence-electron chi connectivity index (χ2n) is 7.09. The third-order valence-electron chi connectivity index (χ3n) is 4.81. The van der Waals surface area contributed by atoms with Crippen LogP contribution in [0.4, 0.5) is 4.79 Å². The normalized spacial score (nSPS) is 44.2. The highest BCUT2D eigenvalue weighted by Crippen LogP contribution is 2.30. The summed E-state index contributed by atoms with van der Waals surface area (Å²) in [5.41, 5.74) is 0. The molecular weight excluding hydrogens is 382 g/mol. The number of carbonyl (C=O) groups excluding carboxylic acids is 1. The summed E-state index contributed by atoms with van der Waals surface area (Å²) in [6, 6.07) is 0. The minimum Gasteiger partial charge on any atom is -0.440 e. The van der Waals surface area contributed by atoms with Crippen molar-refractivity contribution in [2.24, 2.45) is 0 Å². The first-order valence-electron chi connectivity index (χ1n) is 8.90. The highest BCUT2D eigenvalue weighted by molar-refractivity contribution is 5.67. The molecule has 0 radical (unpaired) electrons. The maximum Gasteiger partial charge on any atom is 0.409 e. The van der Waals surface area contributed by atoms with Gasteiger partial charge in [0, 0.05) is 14.1 Å². The fraction of sp³-hybridized carbons (Fsp3) is 0.938. The van der Waals surface area contributed by atoms with E-state index in [2.05, 4.69) is 0 Å². The number of aliphatic hydroxyl groups excluding tert-OH is 6. The Morgan fingerprint density at radius 3 is 2.00 bits per heavy atom. The number of amides is 1. The van der Waals surface area contributed by atoms with Crippen LogP contribution in [-0.4, -0.2) is 130 Å². The highest BCUT2D eigenvalue weighted by atomic mass is 16.7. The van der Waals surface area contributed by atoms with Crippen molar-refractivity contribution in [2.45, 2.75) is 68.1 Å². The molecule has 0 spiro atoms. The second-order valence-corrected chi connectivity index (χ2v) is 7.09. The predicted octanol–water partition coefficient (Wildman–Crippen LogP) is -3.62. The summed E-state index contributed by atoms with van der Waals surface area (Å²) in [6.07, 6.45) is -14.1. The molecule has 2 rings (SSSR count). The van der Waals surface area contributed by atoms with E-state index in [0.29, 0.717) is 0 Å². The van der Waals surface area contributed by atoms with Crippen molar-refractivity contribution in [3.8, 4) is 0 Å². The van der Waals surface area contributed by atoms with Gasteiger partial charge in [0.25, 0.3) is 0 Å². The third-order valence-corrected chi connectivity index (χ3v) is 4.81. The lowest BCUT2D eigenvalue weighted by Crippen LogP contribution is -2.64. The topological polar surface area (TPSA) is 179 Å². The average Bonchev–Trinajstić information content (AvgIpc) is 2.66. The first kappa shape index (κ1) is 23.2. The van der Waals surface area contributed by atoms with Gasteiger partial charge in [-0.1, -0.05) is 0 Å². The Balaban J connectivity index is 2.16. The molecule has 0 aliphatic carbocycles. The van der Waals surface area contributed by atoms with Crippen molar-refractivity contribution in [2.75, 3.05) is 27.3 Å². The van der Waals surface area contributed by atoms with E-state index in [0.717, 1.165) is 4.90 Å². The molecule has 0 saturated carbocycles. The number of rotatable bonds is 5. The highest BCUT2D eigenvalue weighted by Gasteiger charge is 2.51. The van der Waals surface area contributed by atoms with E-state index in [4.69, 9.17) is 18.9 Å². The van der Waals surface area contributed by atoms with E-state index in [1.807, 2.05) is 0 Å². The zero-order chi connectivity index (χ0) is 21.2. The zero-order valence-corrected chi connectivity index (χ0v) is 15.9. The van der Waals surface area contributed by atoms with E-state index < -0.39 is 80.5 Å². The molecule has 10 atom stereocenters. The lowest BCUT2D eigenvalue weighted by Gasteiger charge is -2.46. The van der Waals surface area contributed by atoms with E-state index in [-0.39, 0.29) is 0 Å². The summed E-state index contributed by atoms with van der Waals surface area (Å²) < 4.78 is 21.4. The fourth-order valence-corrected chi connectivity index (χ4v) is 3.15. The van der Waals surface area contributed by atoms with Gasteiger partial charge < -0.3 is 54.5 Å². The lowest BCUT2D eigenvalue weighted by atomic mass is 9.95. The maximum atomic E-state index is 11.8. The molecule has 2 aliphatic heterocycles. The van der Waals surface area contributed by atoms with Crippen LogP contribution in [0.5, 0.6) is 0 Å². The van der Waals surface area contributed by atoms with Gasteiger partial charge in [-0.2, -0.15) is 0 Å². The van der Waals surface area contributed by atoms with Gasteiger partial charge in [0.1, 0.15) is 42.7 Å². The maximum absolute atomic E-state index is 11.8. The molecule has 2 heterocycles. The lowest BCUT2D eigenvalue weighted by molar-refractivity contribution is -0.339. The molecule has 164 valence electrons. The van der Waals surface area contributed by atoms with Crippen LogP contribution in [0.3, 0.4) is 0 Å². The van der Waals surface area contributed by atoms with Gasteiger partial charge in [0.2, 0.25) is 0 Å². The van der Waals surface area contributed by atoms with Crippen LogP contribution in [0.1, 0.15) is 6.92 Å². The second kappa shape index (κ2) is 9.61. The summed E-state index contributed by atoms with van der Waals surface area (Å²) in [7, 11) is 2.82. The molecule has 2 fully saturated rings. The van der Waals surface area contributed by atoms with Gasteiger partial charge in [-0.25, -0.2) is 4.79 Å². The number of nitrogens with zero attached hydrogens (tertiary/aromatic N) is 1. The average molecular weight is 411 g/mol. The van der Waals surface area contributed by atoms with E-state index in [1.54, 1.807) is 0 Å². The van der Waals surface area contributed by atoms with E-state index >= 15 is 0 Å². The summed E-state index contributed by atoms with van der Waals surface area (Å²) in [6.45, 7) is 0.358. The van der Waals surface area contributed by atoms with Crippen molar-refractivity contribution in [1.82, 2.24) is 4.90 Å².